The topological polar surface area (TPSA) is 85.5 Å². The Labute approximate surface area is 238 Å². The standard InChI is InChI=1S/C33H32N6O2/c1-32(2,3)41-31(40)38-17-12-23(13-18-38)22-6-8-24(9-7-22)28-20-35-30-36-21-29(39(30)37-28)33(14-15-33)26-10-11-27-25(19-26)5-4-16-34-27/h4-12,16,19-21H,13-15,17-18H2,1-3H3. The number of aromatic nitrogens is 5. The average molecular weight is 545 g/mol. The minimum absolute atomic E-state index is 0.110. The van der Waals surface area contributed by atoms with E-state index in [-0.39, 0.29) is 11.5 Å². The zero-order valence-electron chi connectivity index (χ0n) is 23.5. The molecule has 1 amide bonds. The molecule has 0 radical (unpaired) electrons. The van der Waals surface area contributed by atoms with Crippen LogP contribution in [0, 0.1) is 0 Å². The zero-order chi connectivity index (χ0) is 28.2. The van der Waals surface area contributed by atoms with E-state index in [1.165, 1.54) is 11.1 Å². The van der Waals surface area contributed by atoms with Crippen molar-refractivity contribution in [1.29, 1.82) is 0 Å². The number of hydrogen-bond acceptors (Lipinski definition) is 6. The highest BCUT2D eigenvalue weighted by atomic mass is 16.6. The SMILES string of the molecule is CC(C)(C)OC(=O)N1CC=C(c2ccc(-c3cnc4ncc(C5(c6ccc7ncccc7c6)CC5)n4n3)cc2)CC1. The van der Waals surface area contributed by atoms with Crippen molar-refractivity contribution in [2.45, 2.75) is 51.0 Å². The first-order valence-corrected chi connectivity index (χ1v) is 14.1. The lowest BCUT2D eigenvalue weighted by Crippen LogP contribution is -2.39. The van der Waals surface area contributed by atoms with E-state index in [9.17, 15) is 4.79 Å². The third-order valence-corrected chi connectivity index (χ3v) is 8.04. The van der Waals surface area contributed by atoms with Crippen LogP contribution in [0.4, 0.5) is 4.79 Å². The Balaban J connectivity index is 1.13. The summed E-state index contributed by atoms with van der Waals surface area (Å²) in [6.45, 7) is 6.86. The summed E-state index contributed by atoms with van der Waals surface area (Å²) in [6.07, 6.45) is 10.3. The van der Waals surface area contributed by atoms with Crippen molar-refractivity contribution in [3.05, 3.63) is 96.1 Å². The molecule has 0 N–H and O–H groups in total. The Hall–Kier alpha value is -4.59. The van der Waals surface area contributed by atoms with E-state index in [2.05, 4.69) is 69.6 Å². The fraction of sp³-hybridized carbons (Fsp3) is 0.303. The van der Waals surface area contributed by atoms with Gasteiger partial charge in [0.1, 0.15) is 11.3 Å². The van der Waals surface area contributed by atoms with Gasteiger partial charge >= 0.3 is 6.09 Å². The summed E-state index contributed by atoms with van der Waals surface area (Å²) in [7, 11) is 0. The largest absolute Gasteiger partial charge is 0.444 e. The maximum Gasteiger partial charge on any atom is 0.410 e. The molecule has 0 unspecified atom stereocenters. The maximum atomic E-state index is 12.4. The van der Waals surface area contributed by atoms with Crippen molar-refractivity contribution in [1.82, 2.24) is 29.5 Å². The number of benzene rings is 2. The van der Waals surface area contributed by atoms with Crippen LogP contribution in [0.15, 0.2) is 79.3 Å². The average Bonchev–Trinajstić information content (AvgIpc) is 3.68. The summed E-state index contributed by atoms with van der Waals surface area (Å²) in [5, 5.41) is 6.15. The molecule has 1 aliphatic heterocycles. The van der Waals surface area contributed by atoms with Crippen molar-refractivity contribution in [2.75, 3.05) is 13.1 Å². The smallest absolute Gasteiger partial charge is 0.410 e. The van der Waals surface area contributed by atoms with Crippen molar-refractivity contribution in [3.8, 4) is 11.3 Å². The summed E-state index contributed by atoms with van der Waals surface area (Å²) in [5.74, 6) is 0.607. The van der Waals surface area contributed by atoms with Gasteiger partial charge in [0.2, 0.25) is 0 Å². The molecule has 2 aliphatic rings. The Morgan fingerprint density at radius 3 is 2.46 bits per heavy atom. The first-order valence-electron chi connectivity index (χ1n) is 14.1. The van der Waals surface area contributed by atoms with Gasteiger partial charge in [0.15, 0.2) is 0 Å². The Morgan fingerprint density at radius 2 is 1.73 bits per heavy atom. The molecule has 1 aliphatic carbocycles. The highest BCUT2D eigenvalue weighted by Gasteiger charge is 2.48. The minimum atomic E-state index is -0.492. The summed E-state index contributed by atoms with van der Waals surface area (Å²) in [6, 6.07) is 19.0. The van der Waals surface area contributed by atoms with Crippen molar-refractivity contribution >= 4 is 28.3 Å². The second-order valence-electron chi connectivity index (χ2n) is 12.0. The highest BCUT2D eigenvalue weighted by Crippen LogP contribution is 2.53. The van der Waals surface area contributed by atoms with Crippen LogP contribution in [0.5, 0.6) is 0 Å². The van der Waals surface area contributed by atoms with Gasteiger partial charge in [-0.1, -0.05) is 42.5 Å². The van der Waals surface area contributed by atoms with E-state index in [4.69, 9.17) is 9.84 Å². The molecular weight excluding hydrogens is 512 g/mol. The van der Waals surface area contributed by atoms with Crippen LogP contribution in [0.25, 0.3) is 33.5 Å². The number of pyridine rings is 1. The second-order valence-corrected chi connectivity index (χ2v) is 12.0. The lowest BCUT2D eigenvalue weighted by atomic mass is 9.91. The number of amides is 1. The molecule has 4 heterocycles. The number of carbonyl (C=O) groups is 1. The highest BCUT2D eigenvalue weighted by molar-refractivity contribution is 5.80. The molecule has 2 aromatic carbocycles. The first-order chi connectivity index (χ1) is 19.8. The van der Waals surface area contributed by atoms with Crippen LogP contribution in [-0.4, -0.2) is 54.2 Å². The third kappa shape index (κ3) is 4.73. The predicted molar refractivity (Wildman–Crippen MR) is 158 cm³/mol. The second kappa shape index (κ2) is 9.51. The van der Waals surface area contributed by atoms with Gasteiger partial charge in [-0.15, -0.1) is 0 Å². The number of fused-ring (bicyclic) bond motifs is 2. The molecular formula is C33H32N6O2. The molecule has 1 saturated carbocycles. The number of carbonyl (C=O) groups excluding carboxylic acids is 1. The first kappa shape index (κ1) is 25.4. The predicted octanol–water partition coefficient (Wildman–Crippen LogP) is 6.44. The molecule has 8 nitrogen and oxygen atoms in total. The van der Waals surface area contributed by atoms with Gasteiger partial charge in [0, 0.05) is 35.7 Å². The number of ether oxygens (including phenoxy) is 1. The monoisotopic (exact) mass is 544 g/mol. The number of nitrogens with zero attached hydrogens (tertiary/aromatic N) is 6. The molecule has 41 heavy (non-hydrogen) atoms. The van der Waals surface area contributed by atoms with Crippen molar-refractivity contribution < 1.29 is 9.53 Å². The molecule has 0 spiro atoms. The van der Waals surface area contributed by atoms with Crippen LogP contribution in [0.1, 0.15) is 56.9 Å². The summed E-state index contributed by atoms with van der Waals surface area (Å²) >= 11 is 0. The Bertz CT molecular complexity index is 1810. The van der Waals surface area contributed by atoms with Crippen LogP contribution in [-0.2, 0) is 10.2 Å². The van der Waals surface area contributed by atoms with Crippen LogP contribution >= 0.6 is 0 Å². The zero-order valence-corrected chi connectivity index (χ0v) is 23.5. The molecule has 7 rings (SSSR count). The quantitative estimate of drug-likeness (QED) is 0.259. The minimum Gasteiger partial charge on any atom is -0.444 e. The van der Waals surface area contributed by atoms with Gasteiger partial charge in [-0.3, -0.25) is 4.98 Å². The van der Waals surface area contributed by atoms with Crippen LogP contribution in [0.2, 0.25) is 0 Å². The van der Waals surface area contributed by atoms with Crippen LogP contribution < -0.4 is 0 Å². The van der Waals surface area contributed by atoms with Gasteiger partial charge in [-0.2, -0.15) is 9.61 Å². The summed E-state index contributed by atoms with van der Waals surface area (Å²) in [5.41, 5.74) is 6.92. The molecule has 3 aromatic heterocycles. The molecule has 0 atom stereocenters. The summed E-state index contributed by atoms with van der Waals surface area (Å²) < 4.78 is 7.43. The molecule has 0 bridgehead atoms. The molecule has 1 fully saturated rings. The molecule has 8 heteroatoms. The van der Waals surface area contributed by atoms with Crippen molar-refractivity contribution in [3.63, 3.8) is 0 Å². The molecule has 0 saturated heterocycles. The van der Waals surface area contributed by atoms with Crippen LogP contribution in [0.3, 0.4) is 0 Å². The number of hydrogen-bond donors (Lipinski definition) is 0. The van der Waals surface area contributed by atoms with E-state index in [1.54, 1.807) is 11.1 Å². The van der Waals surface area contributed by atoms with E-state index >= 15 is 0 Å². The fourth-order valence-electron chi connectivity index (χ4n) is 5.70. The van der Waals surface area contributed by atoms with Gasteiger partial charge in [-0.05, 0) is 74.9 Å². The molecule has 206 valence electrons. The molecule has 5 aromatic rings. The number of rotatable bonds is 4. The van der Waals surface area contributed by atoms with Gasteiger partial charge in [0.25, 0.3) is 5.78 Å². The van der Waals surface area contributed by atoms with Gasteiger partial charge in [0.05, 0.1) is 23.6 Å². The lowest BCUT2D eigenvalue weighted by molar-refractivity contribution is 0.0270. The van der Waals surface area contributed by atoms with Gasteiger partial charge in [-0.25, -0.2) is 14.8 Å². The normalized spacial score (nSPS) is 16.6. The Morgan fingerprint density at radius 1 is 0.951 bits per heavy atom. The maximum absolute atomic E-state index is 12.4. The van der Waals surface area contributed by atoms with E-state index < -0.39 is 5.60 Å². The summed E-state index contributed by atoms with van der Waals surface area (Å²) in [4.78, 5) is 27.9. The third-order valence-electron chi connectivity index (χ3n) is 8.04. The van der Waals surface area contributed by atoms with E-state index in [1.807, 2.05) is 43.7 Å². The lowest BCUT2D eigenvalue weighted by Gasteiger charge is -2.29. The fourth-order valence-corrected chi connectivity index (χ4v) is 5.70. The van der Waals surface area contributed by atoms with Gasteiger partial charge < -0.3 is 9.64 Å². The van der Waals surface area contributed by atoms with E-state index in [0.717, 1.165) is 52.7 Å². The van der Waals surface area contributed by atoms with Crippen molar-refractivity contribution in [2.24, 2.45) is 0 Å². The Kier molecular flexibility index (Phi) is 5.89. The van der Waals surface area contributed by atoms with E-state index in [0.29, 0.717) is 18.9 Å². The number of imidazole rings is 1.